The highest BCUT2D eigenvalue weighted by atomic mass is 32.2. The summed E-state index contributed by atoms with van der Waals surface area (Å²) in [5, 5.41) is 8.71. The molecule has 0 rings (SSSR count). The van der Waals surface area contributed by atoms with Gasteiger partial charge in [0.15, 0.2) is 0 Å². The smallest absolute Gasteiger partial charge is 0.113 e. The van der Waals surface area contributed by atoms with Crippen molar-refractivity contribution >= 4 is 11.0 Å². The fourth-order valence-electron chi connectivity index (χ4n) is 0.506. The van der Waals surface area contributed by atoms with Gasteiger partial charge in [0, 0.05) is 0 Å². The zero-order valence-electron chi connectivity index (χ0n) is 8.13. The van der Waals surface area contributed by atoms with Crippen molar-refractivity contribution in [3.05, 3.63) is 12.4 Å². The van der Waals surface area contributed by atoms with E-state index >= 15 is 0 Å². The van der Waals surface area contributed by atoms with Gasteiger partial charge in [0.1, 0.15) is 5.83 Å². The van der Waals surface area contributed by atoms with E-state index in [1.54, 1.807) is 20.8 Å². The predicted octanol–water partition coefficient (Wildman–Crippen LogP) is 0.882. The molecule has 78 valence electrons. The van der Waals surface area contributed by atoms with Crippen LogP contribution in [-0.4, -0.2) is 26.7 Å². The van der Waals surface area contributed by atoms with Crippen molar-refractivity contribution in [2.24, 2.45) is 0 Å². The molecule has 0 heterocycles. The van der Waals surface area contributed by atoms with E-state index in [2.05, 4.69) is 11.3 Å². The number of hydrogen-bond donors (Lipinski definition) is 2. The summed E-state index contributed by atoms with van der Waals surface area (Å²) < 4.78 is 26.0. The molecule has 2 N–H and O–H groups in total. The van der Waals surface area contributed by atoms with Gasteiger partial charge in [-0.2, -0.15) is 0 Å². The zero-order valence-corrected chi connectivity index (χ0v) is 8.95. The van der Waals surface area contributed by atoms with Crippen molar-refractivity contribution in [3.8, 4) is 0 Å². The van der Waals surface area contributed by atoms with Crippen LogP contribution >= 0.6 is 0 Å². The molecular weight excluding hydrogens is 193 g/mol. The van der Waals surface area contributed by atoms with Gasteiger partial charge < -0.3 is 5.11 Å². The lowest BCUT2D eigenvalue weighted by atomic mass is 10.3. The quantitative estimate of drug-likeness (QED) is 0.722. The zero-order chi connectivity index (χ0) is 10.6. The molecule has 0 radical (unpaired) electrons. The molecule has 0 bridgehead atoms. The van der Waals surface area contributed by atoms with Gasteiger partial charge in [0.05, 0.1) is 28.4 Å². The number of nitrogens with one attached hydrogen (secondary N) is 1. The lowest BCUT2D eigenvalue weighted by Crippen LogP contribution is -2.41. The van der Waals surface area contributed by atoms with Gasteiger partial charge in [-0.05, 0) is 20.8 Å². The molecule has 0 fully saturated rings. The standard InChI is InChI=1S/C8H16FNO2S/c1-6(9)7(5-11)10-13(12)8(2,3)4/h7,10-11H,1,5H2,2-4H3. The average molecular weight is 209 g/mol. The topological polar surface area (TPSA) is 49.3 Å². The SMILES string of the molecule is C=C(F)C(CO)NS(=O)C(C)(C)C. The van der Waals surface area contributed by atoms with Crippen LogP contribution < -0.4 is 4.72 Å². The first kappa shape index (κ1) is 12.7. The van der Waals surface area contributed by atoms with Crippen LogP contribution in [0.15, 0.2) is 12.4 Å². The van der Waals surface area contributed by atoms with Crippen molar-refractivity contribution in [1.82, 2.24) is 4.72 Å². The Kier molecular flexibility index (Phi) is 4.74. The highest BCUT2D eigenvalue weighted by molar-refractivity contribution is 7.84. The molecule has 0 saturated carbocycles. The van der Waals surface area contributed by atoms with E-state index in [0.29, 0.717) is 0 Å². The Balaban J connectivity index is 4.26. The maximum atomic E-state index is 12.6. The molecule has 0 aromatic rings. The van der Waals surface area contributed by atoms with E-state index in [4.69, 9.17) is 5.11 Å². The summed E-state index contributed by atoms with van der Waals surface area (Å²) >= 11 is 0. The van der Waals surface area contributed by atoms with Crippen LogP contribution in [0.4, 0.5) is 4.39 Å². The maximum absolute atomic E-state index is 12.6. The van der Waals surface area contributed by atoms with E-state index in [9.17, 15) is 8.60 Å². The van der Waals surface area contributed by atoms with Crippen LogP contribution in [0.25, 0.3) is 0 Å². The summed E-state index contributed by atoms with van der Waals surface area (Å²) in [5.41, 5.74) is 0. The first-order chi connectivity index (χ1) is 5.79. The van der Waals surface area contributed by atoms with E-state index in [0.717, 1.165) is 0 Å². The normalized spacial score (nSPS) is 16.7. The van der Waals surface area contributed by atoms with Crippen molar-refractivity contribution in [1.29, 1.82) is 0 Å². The second-order valence-corrected chi connectivity index (χ2v) is 5.68. The van der Waals surface area contributed by atoms with Crippen molar-refractivity contribution in [2.45, 2.75) is 31.6 Å². The van der Waals surface area contributed by atoms with E-state index < -0.39 is 34.2 Å². The molecule has 2 unspecified atom stereocenters. The molecular formula is C8H16FNO2S. The minimum Gasteiger partial charge on any atom is -0.394 e. The first-order valence-electron chi connectivity index (χ1n) is 3.92. The molecule has 0 aliphatic heterocycles. The summed E-state index contributed by atoms with van der Waals surface area (Å²) in [5.74, 6) is -0.708. The molecule has 0 aliphatic carbocycles. The Morgan fingerprint density at radius 1 is 1.69 bits per heavy atom. The molecule has 0 aliphatic rings. The molecule has 0 amide bonds. The van der Waals surface area contributed by atoms with Crippen LogP contribution in [0.1, 0.15) is 20.8 Å². The number of aliphatic hydroxyl groups excluding tert-OH is 1. The lowest BCUT2D eigenvalue weighted by Gasteiger charge is -2.21. The predicted molar refractivity (Wildman–Crippen MR) is 52.2 cm³/mol. The molecule has 3 nitrogen and oxygen atoms in total. The molecule has 0 aromatic carbocycles. The molecule has 0 aromatic heterocycles. The van der Waals surface area contributed by atoms with Gasteiger partial charge in [-0.1, -0.05) is 6.58 Å². The van der Waals surface area contributed by atoms with Crippen LogP contribution in [-0.2, 0) is 11.0 Å². The Morgan fingerprint density at radius 3 is 2.38 bits per heavy atom. The van der Waals surface area contributed by atoms with Gasteiger partial charge in [-0.3, -0.25) is 0 Å². The Bertz CT molecular complexity index is 213. The molecule has 0 spiro atoms. The number of halogens is 1. The summed E-state index contributed by atoms with van der Waals surface area (Å²) in [7, 11) is -1.40. The Labute approximate surface area is 80.6 Å². The van der Waals surface area contributed by atoms with Gasteiger partial charge in [-0.25, -0.2) is 13.3 Å². The maximum Gasteiger partial charge on any atom is 0.113 e. The largest absolute Gasteiger partial charge is 0.394 e. The third kappa shape index (κ3) is 4.50. The molecule has 0 saturated heterocycles. The summed E-state index contributed by atoms with van der Waals surface area (Å²) in [6.07, 6.45) is 0. The summed E-state index contributed by atoms with van der Waals surface area (Å²) in [4.78, 5) is 0. The first-order valence-corrected chi connectivity index (χ1v) is 5.07. The molecule has 5 heteroatoms. The third-order valence-corrected chi connectivity index (χ3v) is 2.98. The number of rotatable bonds is 4. The van der Waals surface area contributed by atoms with Crippen LogP contribution in [0.5, 0.6) is 0 Å². The minimum absolute atomic E-state index is 0.447. The summed E-state index contributed by atoms with van der Waals surface area (Å²) in [6, 6.07) is -0.944. The lowest BCUT2D eigenvalue weighted by molar-refractivity contribution is 0.259. The van der Waals surface area contributed by atoms with Crippen LogP contribution in [0.3, 0.4) is 0 Å². The molecule has 2 atom stereocenters. The highest BCUT2D eigenvalue weighted by Crippen LogP contribution is 2.11. The van der Waals surface area contributed by atoms with Gasteiger partial charge in [-0.15, -0.1) is 0 Å². The fourth-order valence-corrected chi connectivity index (χ4v) is 1.32. The second kappa shape index (κ2) is 4.83. The van der Waals surface area contributed by atoms with Gasteiger partial charge >= 0.3 is 0 Å². The van der Waals surface area contributed by atoms with Crippen molar-refractivity contribution in [2.75, 3.05) is 6.61 Å². The van der Waals surface area contributed by atoms with Crippen molar-refractivity contribution in [3.63, 3.8) is 0 Å². The number of hydrogen-bond acceptors (Lipinski definition) is 2. The monoisotopic (exact) mass is 209 g/mol. The second-order valence-electron chi connectivity index (χ2n) is 3.68. The third-order valence-electron chi connectivity index (χ3n) is 1.37. The fraction of sp³-hybridized carbons (Fsp3) is 0.750. The highest BCUT2D eigenvalue weighted by Gasteiger charge is 2.23. The van der Waals surface area contributed by atoms with Gasteiger partial charge in [0.2, 0.25) is 0 Å². The number of aliphatic hydroxyl groups is 1. The van der Waals surface area contributed by atoms with Crippen molar-refractivity contribution < 1.29 is 13.7 Å². The minimum atomic E-state index is -1.40. The van der Waals surface area contributed by atoms with E-state index in [-0.39, 0.29) is 0 Å². The van der Waals surface area contributed by atoms with Crippen LogP contribution in [0.2, 0.25) is 0 Å². The van der Waals surface area contributed by atoms with E-state index in [1.165, 1.54) is 0 Å². The van der Waals surface area contributed by atoms with Crippen LogP contribution in [0, 0.1) is 0 Å². The Hall–Kier alpha value is -0.260. The average Bonchev–Trinajstić information content (AvgIpc) is 1.96. The molecule has 13 heavy (non-hydrogen) atoms. The Morgan fingerprint density at radius 2 is 2.15 bits per heavy atom. The van der Waals surface area contributed by atoms with E-state index in [1.807, 2.05) is 0 Å². The summed E-state index contributed by atoms with van der Waals surface area (Å²) in [6.45, 7) is 7.86. The van der Waals surface area contributed by atoms with Gasteiger partial charge in [0.25, 0.3) is 0 Å².